The molecule has 0 saturated heterocycles. The van der Waals surface area contributed by atoms with Crippen molar-refractivity contribution in [1.82, 2.24) is 14.8 Å². The van der Waals surface area contributed by atoms with E-state index in [2.05, 4.69) is 69.7 Å². The monoisotopic (exact) mass is 289 g/mol. The average molecular weight is 289 g/mol. The van der Waals surface area contributed by atoms with E-state index in [0.29, 0.717) is 4.77 Å². The van der Waals surface area contributed by atoms with E-state index in [0.717, 1.165) is 19.0 Å². The van der Waals surface area contributed by atoms with Crippen LogP contribution in [0.1, 0.15) is 19.9 Å². The predicted octanol–water partition coefficient (Wildman–Crippen LogP) is 3.11. The maximum absolute atomic E-state index is 5.35. The Balaban J connectivity index is 2.13. The number of aromatic nitrogens is 3. The van der Waals surface area contributed by atoms with Gasteiger partial charge in [0.2, 0.25) is 5.95 Å². The Morgan fingerprint density at radius 1 is 1.20 bits per heavy atom. The van der Waals surface area contributed by atoms with Crippen LogP contribution in [0.2, 0.25) is 0 Å². The molecule has 6 heteroatoms. The van der Waals surface area contributed by atoms with Crippen molar-refractivity contribution in [2.75, 3.05) is 29.9 Å². The third-order valence-electron chi connectivity index (χ3n) is 3.69. The molecule has 1 aromatic carbocycles. The van der Waals surface area contributed by atoms with Gasteiger partial charge >= 0.3 is 0 Å². The molecule has 1 aliphatic heterocycles. The zero-order valence-electron chi connectivity index (χ0n) is 12.0. The molecule has 0 amide bonds. The summed E-state index contributed by atoms with van der Waals surface area (Å²) < 4.78 is 2.74. The number of anilines is 3. The molecule has 0 radical (unpaired) electrons. The molecular formula is C14H19N5S. The number of nitrogens with zero attached hydrogens (tertiary/aromatic N) is 4. The maximum atomic E-state index is 5.35. The van der Waals surface area contributed by atoms with Crippen LogP contribution >= 0.6 is 12.2 Å². The number of aromatic amines is 1. The molecule has 0 saturated carbocycles. The highest BCUT2D eigenvalue weighted by atomic mass is 32.1. The first-order chi connectivity index (χ1) is 9.59. The Hall–Kier alpha value is -1.82. The summed E-state index contributed by atoms with van der Waals surface area (Å²) in [4.78, 5) is 4.51. The molecule has 0 bridgehead atoms. The number of hydrogen-bond acceptors (Lipinski definition) is 4. The van der Waals surface area contributed by atoms with Crippen LogP contribution < -0.4 is 9.80 Å². The van der Waals surface area contributed by atoms with Gasteiger partial charge in [0.15, 0.2) is 4.77 Å². The second-order valence-corrected chi connectivity index (χ2v) is 5.74. The maximum Gasteiger partial charge on any atom is 0.230 e. The highest BCUT2D eigenvalue weighted by molar-refractivity contribution is 7.71. The van der Waals surface area contributed by atoms with Crippen LogP contribution in [-0.4, -0.2) is 34.9 Å². The fourth-order valence-electron chi connectivity index (χ4n) is 2.67. The summed E-state index contributed by atoms with van der Waals surface area (Å²) in [6.45, 7) is 6.11. The molecule has 2 aromatic rings. The molecule has 0 spiro atoms. The number of para-hydroxylation sites is 2. The van der Waals surface area contributed by atoms with E-state index in [1.165, 1.54) is 11.4 Å². The van der Waals surface area contributed by atoms with Gasteiger partial charge in [-0.3, -0.25) is 4.57 Å². The Bertz CT molecular complexity index is 672. The van der Waals surface area contributed by atoms with Gasteiger partial charge in [-0.1, -0.05) is 12.1 Å². The number of hydrogen-bond donors (Lipinski definition) is 1. The molecule has 0 aliphatic carbocycles. The molecular weight excluding hydrogens is 270 g/mol. The minimum absolute atomic E-state index is 0.281. The number of fused-ring (bicyclic) bond motifs is 1. The Kier molecular flexibility index (Phi) is 3.25. The number of benzene rings is 1. The van der Waals surface area contributed by atoms with Crippen molar-refractivity contribution in [2.45, 2.75) is 19.9 Å². The average Bonchev–Trinajstić information content (AvgIpc) is 2.81. The molecule has 106 valence electrons. The molecule has 0 atom stereocenters. The summed E-state index contributed by atoms with van der Waals surface area (Å²) in [5, 5.41) is 7.36. The molecule has 0 fully saturated rings. The first-order valence-corrected chi connectivity index (χ1v) is 7.25. The SMILES string of the molecule is CC(C)n1c(N2CCN(C)c3ccccc32)n[nH]c1=S. The highest BCUT2D eigenvalue weighted by Crippen LogP contribution is 2.36. The molecule has 2 heterocycles. The highest BCUT2D eigenvalue weighted by Gasteiger charge is 2.25. The van der Waals surface area contributed by atoms with Gasteiger partial charge in [-0.05, 0) is 38.2 Å². The molecule has 3 rings (SSSR count). The van der Waals surface area contributed by atoms with Crippen LogP contribution in [0.5, 0.6) is 0 Å². The summed E-state index contributed by atoms with van der Waals surface area (Å²) in [7, 11) is 2.12. The van der Waals surface area contributed by atoms with Gasteiger partial charge in [-0.15, -0.1) is 5.10 Å². The minimum Gasteiger partial charge on any atom is -0.371 e. The van der Waals surface area contributed by atoms with Crippen LogP contribution in [0, 0.1) is 4.77 Å². The largest absolute Gasteiger partial charge is 0.371 e. The van der Waals surface area contributed by atoms with Crippen molar-refractivity contribution in [1.29, 1.82) is 0 Å². The Morgan fingerprint density at radius 3 is 2.60 bits per heavy atom. The van der Waals surface area contributed by atoms with E-state index >= 15 is 0 Å². The summed E-state index contributed by atoms with van der Waals surface area (Å²) in [6.07, 6.45) is 0. The normalized spacial score (nSPS) is 14.8. The van der Waals surface area contributed by atoms with Crippen molar-refractivity contribution in [3.8, 4) is 0 Å². The van der Waals surface area contributed by atoms with Crippen LogP contribution in [0.25, 0.3) is 0 Å². The van der Waals surface area contributed by atoms with Crippen molar-refractivity contribution < 1.29 is 0 Å². The van der Waals surface area contributed by atoms with Gasteiger partial charge in [-0.25, -0.2) is 5.10 Å². The number of rotatable bonds is 2. The van der Waals surface area contributed by atoms with Gasteiger partial charge in [0.25, 0.3) is 0 Å². The predicted molar refractivity (Wildman–Crippen MR) is 84.5 cm³/mol. The third-order valence-corrected chi connectivity index (χ3v) is 3.97. The van der Waals surface area contributed by atoms with E-state index in [9.17, 15) is 0 Å². The first-order valence-electron chi connectivity index (χ1n) is 6.84. The smallest absolute Gasteiger partial charge is 0.230 e. The summed E-state index contributed by atoms with van der Waals surface area (Å²) >= 11 is 5.35. The van der Waals surface area contributed by atoms with Gasteiger partial charge in [0.05, 0.1) is 11.4 Å². The minimum atomic E-state index is 0.281. The lowest BCUT2D eigenvalue weighted by atomic mass is 10.2. The van der Waals surface area contributed by atoms with Gasteiger partial charge in [0.1, 0.15) is 0 Å². The molecule has 0 unspecified atom stereocenters. The summed E-state index contributed by atoms with van der Waals surface area (Å²) in [5.74, 6) is 0.894. The van der Waals surface area contributed by atoms with Crippen molar-refractivity contribution in [3.05, 3.63) is 29.0 Å². The molecule has 20 heavy (non-hydrogen) atoms. The summed E-state index contributed by atoms with van der Waals surface area (Å²) in [5.41, 5.74) is 2.40. The van der Waals surface area contributed by atoms with Crippen LogP contribution in [0.15, 0.2) is 24.3 Å². The summed E-state index contributed by atoms with van der Waals surface area (Å²) in [6, 6.07) is 8.68. The van der Waals surface area contributed by atoms with Gasteiger partial charge in [-0.2, -0.15) is 0 Å². The number of likely N-dealkylation sites (N-methyl/N-ethyl adjacent to an activating group) is 1. The second kappa shape index (κ2) is 4.94. The van der Waals surface area contributed by atoms with Crippen molar-refractivity contribution in [3.63, 3.8) is 0 Å². The standard InChI is InChI=1S/C14H19N5S/c1-10(2)19-13(15-16-14(19)20)18-9-8-17(3)11-6-4-5-7-12(11)18/h4-7,10H,8-9H2,1-3H3,(H,16,20). The van der Waals surface area contributed by atoms with Crippen LogP contribution in [0.3, 0.4) is 0 Å². The zero-order chi connectivity index (χ0) is 14.3. The van der Waals surface area contributed by atoms with Crippen molar-refractivity contribution >= 4 is 29.5 Å². The zero-order valence-corrected chi connectivity index (χ0v) is 12.8. The van der Waals surface area contributed by atoms with Crippen LogP contribution in [0.4, 0.5) is 17.3 Å². The lowest BCUT2D eigenvalue weighted by Crippen LogP contribution is -2.37. The second-order valence-electron chi connectivity index (χ2n) is 5.35. The van der Waals surface area contributed by atoms with E-state index in [-0.39, 0.29) is 6.04 Å². The fourth-order valence-corrected chi connectivity index (χ4v) is 3.00. The topological polar surface area (TPSA) is 40.1 Å². The van der Waals surface area contributed by atoms with E-state index in [4.69, 9.17) is 12.2 Å². The molecule has 1 N–H and O–H groups in total. The fraction of sp³-hybridized carbons (Fsp3) is 0.429. The first kappa shape index (κ1) is 13.2. The van der Waals surface area contributed by atoms with E-state index in [1.807, 2.05) is 0 Å². The molecule has 1 aromatic heterocycles. The lowest BCUT2D eigenvalue weighted by Gasteiger charge is -2.36. The molecule has 5 nitrogen and oxygen atoms in total. The number of H-pyrrole nitrogens is 1. The van der Waals surface area contributed by atoms with Gasteiger partial charge < -0.3 is 9.80 Å². The number of nitrogens with one attached hydrogen (secondary N) is 1. The quantitative estimate of drug-likeness (QED) is 0.862. The Morgan fingerprint density at radius 2 is 1.90 bits per heavy atom. The molecule has 1 aliphatic rings. The Labute approximate surface area is 123 Å². The lowest BCUT2D eigenvalue weighted by molar-refractivity contribution is 0.585. The van der Waals surface area contributed by atoms with E-state index < -0.39 is 0 Å². The van der Waals surface area contributed by atoms with E-state index in [1.54, 1.807) is 0 Å². The van der Waals surface area contributed by atoms with Crippen molar-refractivity contribution in [2.24, 2.45) is 0 Å². The van der Waals surface area contributed by atoms with Crippen LogP contribution in [-0.2, 0) is 0 Å². The third kappa shape index (κ3) is 2.00. The van der Waals surface area contributed by atoms with Gasteiger partial charge in [0, 0.05) is 26.2 Å².